The van der Waals surface area contributed by atoms with Crippen molar-refractivity contribution < 1.29 is 0 Å². The maximum atomic E-state index is 5.71. The van der Waals surface area contributed by atoms with Crippen molar-refractivity contribution in [3.05, 3.63) is 0 Å². The van der Waals surface area contributed by atoms with Crippen molar-refractivity contribution in [2.75, 3.05) is 6.54 Å². The first-order valence-electron chi connectivity index (χ1n) is 6.32. The third-order valence-electron chi connectivity index (χ3n) is 3.14. The minimum absolute atomic E-state index is 0.483. The number of hydrogen-bond acceptors (Lipinski definition) is 2. The molecule has 0 aromatic carbocycles. The predicted octanol–water partition coefficient (Wildman–Crippen LogP) is 2.43. The topological polar surface area (TPSA) is 38.0 Å². The van der Waals surface area contributed by atoms with Crippen LogP contribution in [0, 0.1) is 0 Å². The summed E-state index contributed by atoms with van der Waals surface area (Å²) in [5.74, 6) is 0. The molecule has 0 bridgehead atoms. The molecular formula is C12H26N2. The van der Waals surface area contributed by atoms with E-state index in [1.54, 1.807) is 0 Å². The van der Waals surface area contributed by atoms with E-state index in [0.717, 1.165) is 6.04 Å². The molecule has 0 aromatic rings. The van der Waals surface area contributed by atoms with Crippen LogP contribution in [0.1, 0.15) is 58.3 Å². The molecule has 0 amide bonds. The molecule has 1 saturated carbocycles. The molecule has 0 saturated heterocycles. The molecule has 3 N–H and O–H groups in total. The van der Waals surface area contributed by atoms with Gasteiger partial charge in [0, 0.05) is 12.1 Å². The molecule has 2 heteroatoms. The Morgan fingerprint density at radius 3 is 2.36 bits per heavy atom. The molecule has 14 heavy (non-hydrogen) atoms. The van der Waals surface area contributed by atoms with Gasteiger partial charge in [-0.3, -0.25) is 0 Å². The highest BCUT2D eigenvalue weighted by molar-refractivity contribution is 4.87. The van der Waals surface area contributed by atoms with E-state index in [1.807, 2.05) is 0 Å². The van der Waals surface area contributed by atoms with Gasteiger partial charge < -0.3 is 11.1 Å². The Labute approximate surface area is 88.6 Å². The van der Waals surface area contributed by atoms with Crippen LogP contribution < -0.4 is 11.1 Å². The van der Waals surface area contributed by atoms with Crippen molar-refractivity contribution in [2.24, 2.45) is 5.73 Å². The van der Waals surface area contributed by atoms with E-state index in [-0.39, 0.29) is 0 Å². The molecule has 2 nitrogen and oxygen atoms in total. The van der Waals surface area contributed by atoms with Crippen LogP contribution in [0.4, 0.5) is 0 Å². The molecule has 1 fully saturated rings. The molecular weight excluding hydrogens is 172 g/mol. The van der Waals surface area contributed by atoms with E-state index in [9.17, 15) is 0 Å². The van der Waals surface area contributed by atoms with E-state index in [4.69, 9.17) is 5.73 Å². The Bertz CT molecular complexity index is 130. The van der Waals surface area contributed by atoms with Gasteiger partial charge in [0.1, 0.15) is 0 Å². The van der Waals surface area contributed by atoms with Gasteiger partial charge in [-0.25, -0.2) is 0 Å². The first kappa shape index (κ1) is 12.0. The molecule has 1 aliphatic rings. The normalized spacial score (nSPS) is 26.1. The van der Waals surface area contributed by atoms with Crippen molar-refractivity contribution in [1.82, 2.24) is 5.32 Å². The molecule has 0 atom stereocenters. The van der Waals surface area contributed by atoms with E-state index < -0.39 is 0 Å². The van der Waals surface area contributed by atoms with Gasteiger partial charge in [0.25, 0.3) is 0 Å². The van der Waals surface area contributed by atoms with Crippen LogP contribution in [0.2, 0.25) is 0 Å². The average molecular weight is 198 g/mol. The van der Waals surface area contributed by atoms with E-state index in [1.165, 1.54) is 57.9 Å². The molecule has 1 rings (SSSR count). The number of nitrogens with two attached hydrogens (primary N) is 1. The van der Waals surface area contributed by atoms with Crippen molar-refractivity contribution >= 4 is 0 Å². The molecule has 0 aliphatic heterocycles. The Kier molecular flexibility index (Phi) is 6.20. The summed E-state index contributed by atoms with van der Waals surface area (Å²) in [6.07, 6.45) is 10.7. The fourth-order valence-corrected chi connectivity index (χ4v) is 2.04. The molecule has 0 unspecified atom stereocenters. The molecule has 0 aromatic heterocycles. The van der Waals surface area contributed by atoms with Gasteiger partial charge in [-0.15, -0.1) is 0 Å². The second-order valence-corrected chi connectivity index (χ2v) is 4.65. The Hall–Kier alpha value is -0.0800. The largest absolute Gasteiger partial charge is 0.328 e. The zero-order chi connectivity index (χ0) is 10.2. The summed E-state index contributed by atoms with van der Waals surface area (Å²) in [5.41, 5.74) is 5.71. The maximum Gasteiger partial charge on any atom is 0.00965 e. The van der Waals surface area contributed by atoms with Crippen LogP contribution in [0.25, 0.3) is 0 Å². The molecule has 0 spiro atoms. The molecule has 0 heterocycles. The summed E-state index contributed by atoms with van der Waals surface area (Å²) in [6.45, 7) is 3.46. The summed E-state index contributed by atoms with van der Waals surface area (Å²) < 4.78 is 0. The van der Waals surface area contributed by atoms with Gasteiger partial charge in [0.15, 0.2) is 0 Å². The fourth-order valence-electron chi connectivity index (χ4n) is 2.04. The molecule has 1 aliphatic carbocycles. The van der Waals surface area contributed by atoms with Crippen LogP contribution in [-0.4, -0.2) is 18.6 Å². The van der Waals surface area contributed by atoms with Crippen molar-refractivity contribution in [1.29, 1.82) is 0 Å². The highest BCUT2D eigenvalue weighted by Gasteiger charge is 2.24. The van der Waals surface area contributed by atoms with Crippen LogP contribution in [0.15, 0.2) is 0 Å². The van der Waals surface area contributed by atoms with Gasteiger partial charge in [0.2, 0.25) is 0 Å². The zero-order valence-corrected chi connectivity index (χ0v) is 9.60. The van der Waals surface area contributed by atoms with Crippen LogP contribution in [0.3, 0.4) is 0 Å². The standard InChI is InChI=1S/C12H26N2/c1-2-3-4-5-6-7-8-14-12-9-11(13)10-12/h11-12,14H,2-10,13H2,1H3. The summed E-state index contributed by atoms with van der Waals surface area (Å²) in [5, 5.41) is 3.56. The third kappa shape index (κ3) is 4.97. The number of nitrogens with one attached hydrogen (secondary N) is 1. The lowest BCUT2D eigenvalue weighted by molar-refractivity contribution is 0.291. The van der Waals surface area contributed by atoms with Crippen LogP contribution >= 0.6 is 0 Å². The fraction of sp³-hybridized carbons (Fsp3) is 1.00. The van der Waals surface area contributed by atoms with Crippen LogP contribution in [-0.2, 0) is 0 Å². The highest BCUT2D eigenvalue weighted by atomic mass is 14.9. The number of unbranched alkanes of at least 4 members (excludes halogenated alkanes) is 5. The first-order chi connectivity index (χ1) is 6.83. The summed E-state index contributed by atoms with van der Waals surface area (Å²) >= 11 is 0. The summed E-state index contributed by atoms with van der Waals surface area (Å²) in [6, 6.07) is 1.22. The van der Waals surface area contributed by atoms with Gasteiger partial charge in [-0.1, -0.05) is 39.0 Å². The third-order valence-corrected chi connectivity index (χ3v) is 3.14. The number of rotatable bonds is 8. The van der Waals surface area contributed by atoms with Crippen molar-refractivity contribution in [3.63, 3.8) is 0 Å². The maximum absolute atomic E-state index is 5.71. The van der Waals surface area contributed by atoms with Gasteiger partial charge in [-0.05, 0) is 25.8 Å². The second-order valence-electron chi connectivity index (χ2n) is 4.65. The van der Waals surface area contributed by atoms with E-state index >= 15 is 0 Å². The van der Waals surface area contributed by atoms with E-state index in [0.29, 0.717) is 6.04 Å². The lowest BCUT2D eigenvalue weighted by Gasteiger charge is -2.33. The monoisotopic (exact) mass is 198 g/mol. The molecule has 0 radical (unpaired) electrons. The number of hydrogen-bond donors (Lipinski definition) is 2. The lowest BCUT2D eigenvalue weighted by Crippen LogP contribution is -2.48. The zero-order valence-electron chi connectivity index (χ0n) is 9.60. The van der Waals surface area contributed by atoms with Gasteiger partial charge in [0.05, 0.1) is 0 Å². The highest BCUT2D eigenvalue weighted by Crippen LogP contribution is 2.17. The SMILES string of the molecule is CCCCCCCCNC1CC(N)C1. The van der Waals surface area contributed by atoms with Gasteiger partial charge in [-0.2, -0.15) is 0 Å². The lowest BCUT2D eigenvalue weighted by atomic mass is 9.87. The Balaban J connectivity index is 1.72. The minimum Gasteiger partial charge on any atom is -0.328 e. The Morgan fingerprint density at radius 1 is 1.07 bits per heavy atom. The van der Waals surface area contributed by atoms with Crippen LogP contribution in [0.5, 0.6) is 0 Å². The molecule has 84 valence electrons. The van der Waals surface area contributed by atoms with Crippen molar-refractivity contribution in [3.8, 4) is 0 Å². The Morgan fingerprint density at radius 2 is 1.71 bits per heavy atom. The summed E-state index contributed by atoms with van der Waals surface area (Å²) in [7, 11) is 0. The van der Waals surface area contributed by atoms with Crippen molar-refractivity contribution in [2.45, 2.75) is 70.4 Å². The first-order valence-corrected chi connectivity index (χ1v) is 6.32. The minimum atomic E-state index is 0.483. The smallest absolute Gasteiger partial charge is 0.00965 e. The average Bonchev–Trinajstić information content (AvgIpc) is 2.13. The quantitative estimate of drug-likeness (QED) is 0.588. The predicted molar refractivity (Wildman–Crippen MR) is 62.4 cm³/mol. The summed E-state index contributed by atoms with van der Waals surface area (Å²) in [4.78, 5) is 0. The van der Waals surface area contributed by atoms with Gasteiger partial charge >= 0.3 is 0 Å². The second kappa shape index (κ2) is 7.24. The van der Waals surface area contributed by atoms with E-state index in [2.05, 4.69) is 12.2 Å².